The molecule has 0 radical (unpaired) electrons. The minimum Gasteiger partial charge on any atom is -0.377 e. The van der Waals surface area contributed by atoms with Crippen LogP contribution in [-0.4, -0.2) is 57.4 Å². The number of sulfonamides is 1. The molecule has 1 N–H and O–H groups in total. The van der Waals surface area contributed by atoms with Gasteiger partial charge in [-0.15, -0.1) is 0 Å². The summed E-state index contributed by atoms with van der Waals surface area (Å²) in [6, 6.07) is 0. The van der Waals surface area contributed by atoms with Crippen LogP contribution in [0, 0.1) is 0 Å². The molecule has 1 fully saturated rings. The van der Waals surface area contributed by atoms with E-state index in [4.69, 9.17) is 4.74 Å². The lowest BCUT2D eigenvalue weighted by molar-refractivity contribution is 0.0193. The maximum atomic E-state index is 12.2. The van der Waals surface area contributed by atoms with E-state index in [1.807, 2.05) is 0 Å². The van der Waals surface area contributed by atoms with E-state index in [9.17, 15) is 8.42 Å². The lowest BCUT2D eigenvalue weighted by Gasteiger charge is -2.31. The molecule has 1 aliphatic heterocycles. The Labute approximate surface area is 117 Å². The van der Waals surface area contributed by atoms with E-state index in [0.717, 1.165) is 38.8 Å². The number of hydrogen-bond donors (Lipinski definition) is 1. The molecule has 0 saturated carbocycles. The quantitative estimate of drug-likeness (QED) is 0.649. The molecule has 0 aromatic carbocycles. The van der Waals surface area contributed by atoms with Gasteiger partial charge in [-0.05, 0) is 32.2 Å². The van der Waals surface area contributed by atoms with Crippen molar-refractivity contribution in [3.8, 4) is 0 Å². The fourth-order valence-electron chi connectivity index (χ4n) is 2.21. The zero-order valence-corrected chi connectivity index (χ0v) is 13.0. The van der Waals surface area contributed by atoms with Crippen molar-refractivity contribution in [2.45, 2.75) is 45.6 Å². The second-order valence-electron chi connectivity index (χ2n) is 5.06. The van der Waals surface area contributed by atoms with Crippen LogP contribution in [-0.2, 0) is 14.8 Å². The van der Waals surface area contributed by atoms with Gasteiger partial charge in [-0.3, -0.25) is 0 Å². The fourth-order valence-corrected chi connectivity index (χ4v) is 3.67. The van der Waals surface area contributed by atoms with Gasteiger partial charge in [0.25, 0.3) is 0 Å². The Morgan fingerprint density at radius 2 is 2.05 bits per heavy atom. The number of nitrogens with one attached hydrogen (secondary N) is 1. The Kier molecular flexibility index (Phi) is 7.90. The van der Waals surface area contributed by atoms with Gasteiger partial charge >= 0.3 is 0 Å². The van der Waals surface area contributed by atoms with Crippen LogP contribution in [0.4, 0.5) is 0 Å². The van der Waals surface area contributed by atoms with Crippen molar-refractivity contribution < 1.29 is 13.2 Å². The fraction of sp³-hybridized carbons (Fsp3) is 1.00. The van der Waals surface area contributed by atoms with E-state index in [1.54, 1.807) is 4.31 Å². The van der Waals surface area contributed by atoms with E-state index in [2.05, 4.69) is 19.2 Å². The smallest absolute Gasteiger partial charge is 0.215 e. The number of nitrogens with zero attached hydrogens (tertiary/aromatic N) is 1. The number of piperidine rings is 1. The normalized spacial score (nSPS) is 21.7. The van der Waals surface area contributed by atoms with Gasteiger partial charge in [-0.2, -0.15) is 4.31 Å². The lowest BCUT2D eigenvalue weighted by Crippen LogP contribution is -2.45. The SMILES string of the molecule is CCCNCCS(=O)(=O)N1CCCC(OCCC)C1. The van der Waals surface area contributed by atoms with Crippen molar-refractivity contribution in [2.24, 2.45) is 0 Å². The summed E-state index contributed by atoms with van der Waals surface area (Å²) in [5, 5.41) is 3.14. The van der Waals surface area contributed by atoms with Crippen molar-refractivity contribution in [1.29, 1.82) is 0 Å². The minimum atomic E-state index is -3.13. The first kappa shape index (κ1) is 16.9. The topological polar surface area (TPSA) is 58.6 Å². The molecule has 1 saturated heterocycles. The van der Waals surface area contributed by atoms with Crippen LogP contribution in [0.1, 0.15) is 39.5 Å². The van der Waals surface area contributed by atoms with Crippen LogP contribution in [0.15, 0.2) is 0 Å². The average Bonchev–Trinajstić information content (AvgIpc) is 2.42. The van der Waals surface area contributed by atoms with Crippen molar-refractivity contribution in [2.75, 3.05) is 38.5 Å². The van der Waals surface area contributed by atoms with Gasteiger partial charge in [0.2, 0.25) is 10.0 Å². The van der Waals surface area contributed by atoms with E-state index >= 15 is 0 Å². The molecule has 1 rings (SSSR count). The Morgan fingerprint density at radius 3 is 2.74 bits per heavy atom. The molecule has 0 aliphatic carbocycles. The third-order valence-electron chi connectivity index (χ3n) is 3.26. The maximum Gasteiger partial charge on any atom is 0.215 e. The highest BCUT2D eigenvalue weighted by atomic mass is 32.2. The van der Waals surface area contributed by atoms with Crippen molar-refractivity contribution >= 4 is 10.0 Å². The molecule has 1 aliphatic rings. The van der Waals surface area contributed by atoms with E-state index in [-0.39, 0.29) is 11.9 Å². The van der Waals surface area contributed by atoms with Crippen molar-refractivity contribution in [1.82, 2.24) is 9.62 Å². The monoisotopic (exact) mass is 292 g/mol. The molecule has 6 heteroatoms. The highest BCUT2D eigenvalue weighted by molar-refractivity contribution is 7.89. The van der Waals surface area contributed by atoms with Crippen LogP contribution in [0.25, 0.3) is 0 Å². The van der Waals surface area contributed by atoms with Crippen LogP contribution in [0.5, 0.6) is 0 Å². The van der Waals surface area contributed by atoms with Gasteiger partial charge in [0.15, 0.2) is 0 Å². The molecule has 0 aromatic rings. The molecule has 1 unspecified atom stereocenters. The molecule has 0 aromatic heterocycles. The molecule has 1 atom stereocenters. The Hall–Kier alpha value is -0.170. The van der Waals surface area contributed by atoms with Gasteiger partial charge in [0.1, 0.15) is 0 Å². The number of ether oxygens (including phenoxy) is 1. The van der Waals surface area contributed by atoms with Gasteiger partial charge in [0.05, 0.1) is 11.9 Å². The predicted molar refractivity (Wildman–Crippen MR) is 77.8 cm³/mol. The van der Waals surface area contributed by atoms with Crippen LogP contribution in [0.2, 0.25) is 0 Å². The number of hydrogen-bond acceptors (Lipinski definition) is 4. The first-order valence-electron chi connectivity index (χ1n) is 7.40. The first-order chi connectivity index (χ1) is 9.10. The Morgan fingerprint density at radius 1 is 1.26 bits per heavy atom. The van der Waals surface area contributed by atoms with Crippen LogP contribution >= 0.6 is 0 Å². The highest BCUT2D eigenvalue weighted by Gasteiger charge is 2.28. The highest BCUT2D eigenvalue weighted by Crippen LogP contribution is 2.16. The van der Waals surface area contributed by atoms with Crippen LogP contribution < -0.4 is 5.32 Å². The maximum absolute atomic E-state index is 12.2. The summed E-state index contributed by atoms with van der Waals surface area (Å²) in [7, 11) is -3.13. The molecule has 0 amide bonds. The van der Waals surface area contributed by atoms with E-state index < -0.39 is 10.0 Å². The van der Waals surface area contributed by atoms with Gasteiger partial charge < -0.3 is 10.1 Å². The van der Waals surface area contributed by atoms with Gasteiger partial charge in [-0.25, -0.2) is 8.42 Å². The standard InChI is InChI=1S/C13H28N2O3S/c1-3-7-14-8-11-19(16,17)15-9-5-6-13(12-15)18-10-4-2/h13-14H,3-12H2,1-2H3. The second-order valence-corrected chi connectivity index (χ2v) is 7.15. The van der Waals surface area contributed by atoms with Gasteiger partial charge in [-0.1, -0.05) is 13.8 Å². The van der Waals surface area contributed by atoms with Crippen LogP contribution in [0.3, 0.4) is 0 Å². The predicted octanol–water partition coefficient (Wildman–Crippen LogP) is 1.21. The summed E-state index contributed by atoms with van der Waals surface area (Å²) in [5.41, 5.74) is 0. The third kappa shape index (κ3) is 6.21. The van der Waals surface area contributed by atoms with Crippen molar-refractivity contribution in [3.05, 3.63) is 0 Å². The summed E-state index contributed by atoms with van der Waals surface area (Å²) >= 11 is 0. The second kappa shape index (κ2) is 8.89. The third-order valence-corrected chi connectivity index (χ3v) is 5.09. The molecular formula is C13H28N2O3S. The van der Waals surface area contributed by atoms with Gasteiger partial charge in [0, 0.05) is 26.2 Å². The summed E-state index contributed by atoms with van der Waals surface area (Å²) in [6.07, 6.45) is 3.95. The molecule has 1 heterocycles. The largest absolute Gasteiger partial charge is 0.377 e. The summed E-state index contributed by atoms with van der Waals surface area (Å²) < 4.78 is 31.7. The first-order valence-corrected chi connectivity index (χ1v) is 9.01. The summed E-state index contributed by atoms with van der Waals surface area (Å²) in [4.78, 5) is 0. The Bertz CT molecular complexity index is 333. The number of rotatable bonds is 9. The van der Waals surface area contributed by atoms with E-state index in [0.29, 0.717) is 19.6 Å². The summed E-state index contributed by atoms with van der Waals surface area (Å²) in [6.45, 7) is 7.43. The molecule has 0 spiro atoms. The molecule has 114 valence electrons. The summed E-state index contributed by atoms with van der Waals surface area (Å²) in [5.74, 6) is 0.188. The molecule has 19 heavy (non-hydrogen) atoms. The molecular weight excluding hydrogens is 264 g/mol. The minimum absolute atomic E-state index is 0.0760. The molecule has 5 nitrogen and oxygen atoms in total. The zero-order chi connectivity index (χ0) is 14.1. The zero-order valence-electron chi connectivity index (χ0n) is 12.2. The van der Waals surface area contributed by atoms with E-state index in [1.165, 1.54) is 0 Å². The average molecular weight is 292 g/mol. The lowest BCUT2D eigenvalue weighted by atomic mass is 10.1. The Balaban J connectivity index is 2.39. The molecule has 0 bridgehead atoms. The van der Waals surface area contributed by atoms with Crippen molar-refractivity contribution in [3.63, 3.8) is 0 Å².